The monoisotopic (exact) mass is 309 g/mol. The highest BCUT2D eigenvalue weighted by Gasteiger charge is 2.05. The third kappa shape index (κ3) is 3.57. The quantitative estimate of drug-likeness (QED) is 0.565. The van der Waals surface area contributed by atoms with E-state index in [0.717, 1.165) is 35.2 Å². The van der Waals surface area contributed by atoms with Gasteiger partial charge in [-0.05, 0) is 43.7 Å². The molecule has 3 aromatic rings. The van der Waals surface area contributed by atoms with Gasteiger partial charge < -0.3 is 5.73 Å². The molecule has 0 atom stereocenters. The van der Waals surface area contributed by atoms with Crippen LogP contribution in [0.15, 0.2) is 53.4 Å². The highest BCUT2D eigenvalue weighted by Crippen LogP contribution is 2.22. The van der Waals surface area contributed by atoms with Gasteiger partial charge in [0.2, 0.25) is 5.95 Å². The van der Waals surface area contributed by atoms with Crippen molar-refractivity contribution in [2.75, 3.05) is 11.5 Å². The van der Waals surface area contributed by atoms with Crippen molar-refractivity contribution in [2.45, 2.75) is 24.7 Å². The minimum absolute atomic E-state index is 0.361. The summed E-state index contributed by atoms with van der Waals surface area (Å²) in [7, 11) is 0. The molecule has 112 valence electrons. The molecular formula is C18H19N3S. The van der Waals surface area contributed by atoms with Gasteiger partial charge in [-0.3, -0.25) is 0 Å². The van der Waals surface area contributed by atoms with Crippen LogP contribution in [-0.2, 0) is 6.42 Å². The van der Waals surface area contributed by atoms with E-state index in [4.69, 9.17) is 5.73 Å². The van der Waals surface area contributed by atoms with E-state index in [9.17, 15) is 0 Å². The van der Waals surface area contributed by atoms with Gasteiger partial charge in [-0.15, -0.1) is 11.8 Å². The normalized spacial score (nSPS) is 11.0. The number of benzene rings is 2. The first kappa shape index (κ1) is 14.9. The van der Waals surface area contributed by atoms with E-state index < -0.39 is 0 Å². The molecule has 4 heteroatoms. The molecule has 22 heavy (non-hydrogen) atoms. The number of para-hydroxylation sites is 1. The van der Waals surface area contributed by atoms with Gasteiger partial charge in [-0.2, -0.15) is 0 Å². The third-order valence-corrected chi connectivity index (χ3v) is 4.60. The summed E-state index contributed by atoms with van der Waals surface area (Å²) in [6.45, 7) is 2.12. The summed E-state index contributed by atoms with van der Waals surface area (Å²) in [4.78, 5) is 10.0. The van der Waals surface area contributed by atoms with Gasteiger partial charge in [-0.1, -0.05) is 35.9 Å². The molecule has 0 saturated carbocycles. The summed E-state index contributed by atoms with van der Waals surface area (Å²) >= 11 is 1.89. The minimum atomic E-state index is 0.361. The summed E-state index contributed by atoms with van der Waals surface area (Å²) < 4.78 is 0. The van der Waals surface area contributed by atoms with Crippen LogP contribution in [0.1, 0.15) is 17.7 Å². The fourth-order valence-electron chi connectivity index (χ4n) is 2.49. The predicted octanol–water partition coefficient (Wildman–Crippen LogP) is 4.25. The molecule has 0 spiro atoms. The average Bonchev–Trinajstić information content (AvgIpc) is 2.51. The van der Waals surface area contributed by atoms with Crippen LogP contribution >= 0.6 is 11.8 Å². The van der Waals surface area contributed by atoms with Crippen LogP contribution in [0, 0.1) is 6.92 Å². The maximum absolute atomic E-state index is 5.81. The number of rotatable bonds is 5. The van der Waals surface area contributed by atoms with Crippen molar-refractivity contribution in [1.82, 2.24) is 9.97 Å². The Balaban J connectivity index is 1.64. The number of nitrogens with two attached hydrogens (primary N) is 1. The third-order valence-electron chi connectivity index (χ3n) is 3.52. The molecule has 2 aromatic carbocycles. The van der Waals surface area contributed by atoms with Gasteiger partial charge in [0.1, 0.15) is 0 Å². The molecule has 3 rings (SSSR count). The number of hydrogen-bond acceptors (Lipinski definition) is 4. The van der Waals surface area contributed by atoms with Gasteiger partial charge in [0.25, 0.3) is 0 Å². The molecule has 0 saturated heterocycles. The fourth-order valence-corrected chi connectivity index (χ4v) is 3.46. The highest BCUT2D eigenvalue weighted by atomic mass is 32.2. The van der Waals surface area contributed by atoms with E-state index in [-0.39, 0.29) is 0 Å². The lowest BCUT2D eigenvalue weighted by molar-refractivity contribution is 0.899. The molecule has 0 fully saturated rings. The molecule has 1 aromatic heterocycles. The van der Waals surface area contributed by atoms with Crippen molar-refractivity contribution in [1.29, 1.82) is 0 Å². The first-order valence-corrected chi connectivity index (χ1v) is 8.41. The Labute approximate surface area is 135 Å². The maximum atomic E-state index is 5.81. The van der Waals surface area contributed by atoms with Gasteiger partial charge in [-0.25, -0.2) is 9.97 Å². The van der Waals surface area contributed by atoms with Crippen molar-refractivity contribution in [2.24, 2.45) is 0 Å². The lowest BCUT2D eigenvalue weighted by Gasteiger charge is -2.07. The van der Waals surface area contributed by atoms with Crippen LogP contribution < -0.4 is 5.73 Å². The molecule has 1 heterocycles. The Morgan fingerprint density at radius 3 is 2.77 bits per heavy atom. The number of thioether (sulfide) groups is 1. The van der Waals surface area contributed by atoms with Crippen LogP contribution in [0.5, 0.6) is 0 Å². The van der Waals surface area contributed by atoms with E-state index in [2.05, 4.69) is 47.2 Å². The zero-order chi connectivity index (χ0) is 15.4. The Morgan fingerprint density at radius 2 is 1.91 bits per heavy atom. The molecule has 0 aliphatic rings. The molecule has 0 bridgehead atoms. The first-order valence-electron chi connectivity index (χ1n) is 7.43. The number of aryl methyl sites for hydroxylation is 2. The number of nitrogen functional groups attached to an aromatic ring is 1. The zero-order valence-corrected chi connectivity index (χ0v) is 13.4. The standard InChI is InChI=1S/C18H19N3S/c1-13-6-4-7-14(12-13)22-11-5-10-17-15-8-2-3-9-16(15)20-18(19)21-17/h2-4,6-9,12H,5,10-11H2,1H3,(H2,19,20,21). The second-order valence-electron chi connectivity index (χ2n) is 5.31. The van der Waals surface area contributed by atoms with Crippen molar-refractivity contribution < 1.29 is 0 Å². The predicted molar refractivity (Wildman–Crippen MR) is 94.2 cm³/mol. The molecule has 0 unspecified atom stereocenters. The first-order chi connectivity index (χ1) is 10.7. The Kier molecular flexibility index (Phi) is 4.59. The number of anilines is 1. The van der Waals surface area contributed by atoms with Crippen molar-refractivity contribution >= 4 is 28.6 Å². The number of nitrogens with zero attached hydrogens (tertiary/aromatic N) is 2. The van der Waals surface area contributed by atoms with Crippen LogP contribution in [0.25, 0.3) is 10.9 Å². The van der Waals surface area contributed by atoms with Crippen LogP contribution in [0.3, 0.4) is 0 Å². The number of fused-ring (bicyclic) bond motifs is 1. The van der Waals surface area contributed by atoms with E-state index in [0.29, 0.717) is 5.95 Å². The summed E-state index contributed by atoms with van der Waals surface area (Å²) in [6.07, 6.45) is 1.99. The summed E-state index contributed by atoms with van der Waals surface area (Å²) in [5, 5.41) is 1.11. The van der Waals surface area contributed by atoms with Crippen molar-refractivity contribution in [3.63, 3.8) is 0 Å². The number of aromatic nitrogens is 2. The second kappa shape index (κ2) is 6.79. The zero-order valence-electron chi connectivity index (χ0n) is 12.6. The Bertz CT molecular complexity index is 786. The molecule has 3 nitrogen and oxygen atoms in total. The van der Waals surface area contributed by atoms with Crippen LogP contribution in [0.2, 0.25) is 0 Å². The summed E-state index contributed by atoms with van der Waals surface area (Å²) in [6, 6.07) is 16.7. The maximum Gasteiger partial charge on any atom is 0.220 e. The van der Waals surface area contributed by atoms with E-state index in [1.54, 1.807) is 0 Å². The van der Waals surface area contributed by atoms with E-state index in [1.807, 2.05) is 30.0 Å². The summed E-state index contributed by atoms with van der Waals surface area (Å²) in [5.41, 5.74) is 9.09. The fraction of sp³-hybridized carbons (Fsp3) is 0.222. The Hall–Kier alpha value is -2.07. The van der Waals surface area contributed by atoms with Gasteiger partial charge in [0.05, 0.1) is 11.2 Å². The summed E-state index contributed by atoms with van der Waals surface area (Å²) in [5.74, 6) is 1.43. The molecular weight excluding hydrogens is 290 g/mol. The van der Waals surface area contributed by atoms with Gasteiger partial charge >= 0.3 is 0 Å². The van der Waals surface area contributed by atoms with Crippen LogP contribution in [0.4, 0.5) is 5.95 Å². The van der Waals surface area contributed by atoms with Crippen molar-refractivity contribution in [3.8, 4) is 0 Å². The smallest absolute Gasteiger partial charge is 0.220 e. The molecule has 0 aliphatic carbocycles. The van der Waals surface area contributed by atoms with Gasteiger partial charge in [0, 0.05) is 10.3 Å². The molecule has 0 amide bonds. The van der Waals surface area contributed by atoms with E-state index >= 15 is 0 Å². The molecule has 0 radical (unpaired) electrons. The minimum Gasteiger partial charge on any atom is -0.368 e. The number of hydrogen-bond donors (Lipinski definition) is 1. The topological polar surface area (TPSA) is 51.8 Å². The van der Waals surface area contributed by atoms with Crippen LogP contribution in [-0.4, -0.2) is 15.7 Å². The van der Waals surface area contributed by atoms with E-state index in [1.165, 1.54) is 10.5 Å². The van der Waals surface area contributed by atoms with Gasteiger partial charge in [0.15, 0.2) is 0 Å². The van der Waals surface area contributed by atoms with Crippen molar-refractivity contribution in [3.05, 3.63) is 59.8 Å². The lowest BCUT2D eigenvalue weighted by Crippen LogP contribution is -2.01. The SMILES string of the molecule is Cc1cccc(SCCCc2nc(N)nc3ccccc23)c1. The second-order valence-corrected chi connectivity index (χ2v) is 6.48. The lowest BCUT2D eigenvalue weighted by atomic mass is 10.1. The Morgan fingerprint density at radius 1 is 1.05 bits per heavy atom. The highest BCUT2D eigenvalue weighted by molar-refractivity contribution is 7.99. The average molecular weight is 309 g/mol. The molecule has 2 N–H and O–H groups in total. The molecule has 0 aliphatic heterocycles. The largest absolute Gasteiger partial charge is 0.368 e.